The summed E-state index contributed by atoms with van der Waals surface area (Å²) in [6.07, 6.45) is 4.72. The van der Waals surface area contributed by atoms with Gasteiger partial charge in [-0.05, 0) is 69.1 Å². The largest absolute Gasteiger partial charge is 0.310 e. The highest BCUT2D eigenvalue weighted by Gasteiger charge is 2.20. The molecule has 1 aromatic rings. The van der Waals surface area contributed by atoms with Crippen molar-refractivity contribution in [2.75, 3.05) is 19.3 Å². The van der Waals surface area contributed by atoms with Crippen molar-refractivity contribution in [2.24, 2.45) is 0 Å². The van der Waals surface area contributed by atoms with E-state index >= 15 is 0 Å². The van der Waals surface area contributed by atoms with Gasteiger partial charge >= 0.3 is 0 Å². The second-order valence-corrected chi connectivity index (χ2v) is 7.86. The van der Waals surface area contributed by atoms with Crippen molar-refractivity contribution in [1.82, 2.24) is 10.2 Å². The van der Waals surface area contributed by atoms with Gasteiger partial charge in [0.05, 0.1) is 0 Å². The number of hydrogen-bond acceptors (Lipinski definition) is 3. The zero-order valence-corrected chi connectivity index (χ0v) is 15.7. The lowest BCUT2D eigenvalue weighted by Gasteiger charge is -2.35. The Morgan fingerprint density at radius 2 is 1.86 bits per heavy atom. The summed E-state index contributed by atoms with van der Waals surface area (Å²) in [5.41, 5.74) is 2.91. The van der Waals surface area contributed by atoms with E-state index in [1.54, 1.807) is 0 Å². The van der Waals surface area contributed by atoms with Crippen LogP contribution in [-0.4, -0.2) is 36.3 Å². The molecular weight excluding hydrogens is 288 g/mol. The number of rotatable bonds is 6. The van der Waals surface area contributed by atoms with E-state index in [9.17, 15) is 0 Å². The van der Waals surface area contributed by atoms with Gasteiger partial charge in [0, 0.05) is 23.5 Å². The fourth-order valence-corrected chi connectivity index (χ4v) is 3.96. The number of piperidine rings is 1. The molecular formula is C19H32N2S. The predicted octanol–water partition coefficient (Wildman–Crippen LogP) is 4.49. The number of nitrogens with zero attached hydrogens (tertiary/aromatic N) is 1. The Bertz CT molecular complexity index is 463. The van der Waals surface area contributed by atoms with Crippen molar-refractivity contribution in [3.63, 3.8) is 0 Å². The Balaban J connectivity index is 1.88. The molecule has 1 fully saturated rings. The topological polar surface area (TPSA) is 15.3 Å². The lowest BCUT2D eigenvalue weighted by molar-refractivity contribution is 0.161. The number of benzene rings is 1. The lowest BCUT2D eigenvalue weighted by atomic mass is 10.00. The summed E-state index contributed by atoms with van der Waals surface area (Å²) in [6, 6.07) is 8.34. The molecule has 1 N–H and O–H groups in total. The molecule has 0 atom stereocenters. The smallest absolute Gasteiger partial charge is 0.0208 e. The zero-order chi connectivity index (χ0) is 16.1. The number of likely N-dealkylation sites (tertiary alicyclic amines) is 1. The Hall–Kier alpha value is -0.510. The molecule has 2 rings (SSSR count). The monoisotopic (exact) mass is 320 g/mol. The van der Waals surface area contributed by atoms with E-state index in [1.807, 2.05) is 11.8 Å². The highest BCUT2D eigenvalue weighted by atomic mass is 32.2. The predicted molar refractivity (Wildman–Crippen MR) is 98.9 cm³/mol. The molecule has 0 spiro atoms. The van der Waals surface area contributed by atoms with Crippen LogP contribution >= 0.6 is 11.8 Å². The van der Waals surface area contributed by atoms with E-state index in [-0.39, 0.29) is 0 Å². The average molecular weight is 321 g/mol. The maximum atomic E-state index is 3.77. The first kappa shape index (κ1) is 17.8. The van der Waals surface area contributed by atoms with Crippen molar-refractivity contribution >= 4 is 11.8 Å². The van der Waals surface area contributed by atoms with Crippen LogP contribution < -0.4 is 5.32 Å². The molecule has 0 radical (unpaired) electrons. The molecule has 3 heteroatoms. The van der Waals surface area contributed by atoms with Gasteiger partial charge in [-0.15, -0.1) is 11.8 Å². The molecule has 1 aromatic carbocycles. The van der Waals surface area contributed by atoms with Crippen LogP contribution in [0, 0.1) is 0 Å². The van der Waals surface area contributed by atoms with Crippen LogP contribution in [0.4, 0.5) is 0 Å². The Morgan fingerprint density at radius 3 is 2.41 bits per heavy atom. The van der Waals surface area contributed by atoms with Crippen LogP contribution in [0.3, 0.4) is 0 Å². The second-order valence-electron chi connectivity index (χ2n) is 7.02. The Labute approximate surface area is 141 Å². The molecule has 22 heavy (non-hydrogen) atoms. The Morgan fingerprint density at radius 1 is 1.18 bits per heavy atom. The van der Waals surface area contributed by atoms with E-state index in [0.717, 1.165) is 6.54 Å². The SMILES string of the molecule is CSc1ccc(CNC2CCN(C(C)C)CC2)cc1C(C)C. The van der Waals surface area contributed by atoms with Gasteiger partial charge in [0.1, 0.15) is 0 Å². The van der Waals surface area contributed by atoms with E-state index < -0.39 is 0 Å². The summed E-state index contributed by atoms with van der Waals surface area (Å²) >= 11 is 1.86. The molecule has 2 nitrogen and oxygen atoms in total. The van der Waals surface area contributed by atoms with Crippen LogP contribution in [0.2, 0.25) is 0 Å². The third-order valence-corrected chi connectivity index (χ3v) is 5.58. The summed E-state index contributed by atoms with van der Waals surface area (Å²) in [7, 11) is 0. The van der Waals surface area contributed by atoms with E-state index in [1.165, 1.54) is 42.0 Å². The molecule has 0 unspecified atom stereocenters. The summed E-state index contributed by atoms with van der Waals surface area (Å²) in [5.74, 6) is 0.594. The summed E-state index contributed by atoms with van der Waals surface area (Å²) in [5, 5.41) is 3.77. The molecule has 0 amide bonds. The van der Waals surface area contributed by atoms with Gasteiger partial charge in [0.15, 0.2) is 0 Å². The zero-order valence-electron chi connectivity index (χ0n) is 14.9. The normalized spacial score (nSPS) is 17.6. The first-order chi connectivity index (χ1) is 10.5. The van der Waals surface area contributed by atoms with Crippen molar-refractivity contribution in [3.05, 3.63) is 29.3 Å². The van der Waals surface area contributed by atoms with Gasteiger partial charge in [-0.1, -0.05) is 26.0 Å². The highest BCUT2D eigenvalue weighted by molar-refractivity contribution is 7.98. The summed E-state index contributed by atoms with van der Waals surface area (Å²) < 4.78 is 0. The van der Waals surface area contributed by atoms with Crippen molar-refractivity contribution < 1.29 is 0 Å². The molecule has 1 aliphatic heterocycles. The van der Waals surface area contributed by atoms with Crippen molar-refractivity contribution in [2.45, 2.75) is 70.0 Å². The molecule has 1 heterocycles. The van der Waals surface area contributed by atoms with Gasteiger partial charge in [-0.2, -0.15) is 0 Å². The number of hydrogen-bond donors (Lipinski definition) is 1. The number of nitrogens with one attached hydrogen (secondary N) is 1. The summed E-state index contributed by atoms with van der Waals surface area (Å²) in [6.45, 7) is 12.6. The van der Waals surface area contributed by atoms with E-state index in [4.69, 9.17) is 0 Å². The first-order valence-corrected chi connectivity index (χ1v) is 9.88. The minimum Gasteiger partial charge on any atom is -0.310 e. The standard InChI is InChI=1S/C19H32N2S/c1-14(2)18-12-16(6-7-19(18)22-5)13-20-17-8-10-21(11-9-17)15(3)4/h6-7,12,14-15,17,20H,8-11,13H2,1-5H3. The van der Waals surface area contributed by atoms with Crippen LogP contribution in [0.5, 0.6) is 0 Å². The van der Waals surface area contributed by atoms with Gasteiger partial charge < -0.3 is 10.2 Å². The van der Waals surface area contributed by atoms with Gasteiger partial charge in [0.25, 0.3) is 0 Å². The van der Waals surface area contributed by atoms with Crippen molar-refractivity contribution in [3.8, 4) is 0 Å². The highest BCUT2D eigenvalue weighted by Crippen LogP contribution is 2.28. The third kappa shape index (κ3) is 4.74. The van der Waals surface area contributed by atoms with Crippen LogP contribution in [0.1, 0.15) is 57.6 Å². The molecule has 1 saturated heterocycles. The second kappa shape index (κ2) is 8.37. The maximum Gasteiger partial charge on any atom is 0.0208 e. The molecule has 124 valence electrons. The molecule has 0 bridgehead atoms. The van der Waals surface area contributed by atoms with Crippen LogP contribution in [0.25, 0.3) is 0 Å². The van der Waals surface area contributed by atoms with Gasteiger partial charge in [-0.25, -0.2) is 0 Å². The maximum absolute atomic E-state index is 3.77. The van der Waals surface area contributed by atoms with Crippen molar-refractivity contribution in [1.29, 1.82) is 0 Å². The molecule has 0 aromatic heterocycles. The minimum atomic E-state index is 0.594. The quantitative estimate of drug-likeness (QED) is 0.777. The van der Waals surface area contributed by atoms with Crippen LogP contribution in [0.15, 0.2) is 23.1 Å². The van der Waals surface area contributed by atoms with Gasteiger partial charge in [0.2, 0.25) is 0 Å². The summed E-state index contributed by atoms with van der Waals surface area (Å²) in [4.78, 5) is 4.01. The molecule has 0 aliphatic carbocycles. The molecule has 0 saturated carbocycles. The van der Waals surface area contributed by atoms with Crippen LogP contribution in [-0.2, 0) is 6.54 Å². The fraction of sp³-hybridized carbons (Fsp3) is 0.684. The molecule has 1 aliphatic rings. The third-order valence-electron chi connectivity index (χ3n) is 4.77. The minimum absolute atomic E-state index is 0.594. The first-order valence-electron chi connectivity index (χ1n) is 8.65. The average Bonchev–Trinajstić information content (AvgIpc) is 2.53. The number of thioether (sulfide) groups is 1. The fourth-order valence-electron chi connectivity index (χ4n) is 3.23. The Kier molecular flexibility index (Phi) is 6.79. The van der Waals surface area contributed by atoms with E-state index in [0.29, 0.717) is 18.0 Å². The van der Waals surface area contributed by atoms with E-state index in [2.05, 4.69) is 62.4 Å². The lowest BCUT2D eigenvalue weighted by Crippen LogP contribution is -2.44. The van der Waals surface area contributed by atoms with Gasteiger partial charge in [-0.3, -0.25) is 0 Å².